The second kappa shape index (κ2) is 7.27. The lowest BCUT2D eigenvalue weighted by Gasteiger charge is -2.07. The molecule has 0 atom stereocenters. The van der Waals surface area contributed by atoms with Crippen molar-refractivity contribution < 1.29 is 13.9 Å². The zero-order valence-corrected chi connectivity index (χ0v) is 11.2. The van der Waals surface area contributed by atoms with Gasteiger partial charge in [0.15, 0.2) is 6.61 Å². The van der Waals surface area contributed by atoms with E-state index in [0.717, 1.165) is 12.8 Å². The predicted octanol–water partition coefficient (Wildman–Crippen LogP) is 2.88. The van der Waals surface area contributed by atoms with Crippen molar-refractivity contribution in [3.63, 3.8) is 0 Å². The topological polar surface area (TPSA) is 38.3 Å². The standard InChI is InChI=1S/C12H15BrFNO2/c1-2-3-6-15-12(16)8-17-9-4-5-10(13)11(14)7-9/h4-5,7H,2-3,6,8H2,1H3,(H,15,16). The number of hydrogen-bond donors (Lipinski definition) is 1. The fourth-order valence-electron chi connectivity index (χ4n) is 1.17. The normalized spacial score (nSPS) is 10.1. The molecular weight excluding hydrogens is 289 g/mol. The molecule has 0 aliphatic carbocycles. The molecule has 3 nitrogen and oxygen atoms in total. The summed E-state index contributed by atoms with van der Waals surface area (Å²) in [4.78, 5) is 11.3. The van der Waals surface area contributed by atoms with Crippen LogP contribution in [0, 0.1) is 5.82 Å². The third-order valence-corrected chi connectivity index (χ3v) is 2.76. The molecule has 0 saturated carbocycles. The van der Waals surface area contributed by atoms with Gasteiger partial charge in [-0.3, -0.25) is 4.79 Å². The Hall–Kier alpha value is -1.10. The van der Waals surface area contributed by atoms with Crippen molar-refractivity contribution in [1.82, 2.24) is 5.32 Å². The highest BCUT2D eigenvalue weighted by Crippen LogP contribution is 2.20. The second-order valence-corrected chi connectivity index (χ2v) is 4.42. The molecule has 1 aromatic rings. The number of hydrogen-bond acceptors (Lipinski definition) is 2. The zero-order valence-electron chi connectivity index (χ0n) is 9.63. The summed E-state index contributed by atoms with van der Waals surface area (Å²) in [7, 11) is 0. The third kappa shape index (κ3) is 5.17. The molecule has 0 heterocycles. The van der Waals surface area contributed by atoms with Crippen molar-refractivity contribution in [3.8, 4) is 5.75 Å². The Morgan fingerprint density at radius 1 is 1.53 bits per heavy atom. The highest BCUT2D eigenvalue weighted by Gasteiger charge is 2.04. The van der Waals surface area contributed by atoms with Gasteiger partial charge in [0.05, 0.1) is 4.47 Å². The predicted molar refractivity (Wildman–Crippen MR) is 67.5 cm³/mol. The Kier molecular flexibility index (Phi) is 5.97. The van der Waals surface area contributed by atoms with Crippen LogP contribution in [0.25, 0.3) is 0 Å². The zero-order chi connectivity index (χ0) is 12.7. The Morgan fingerprint density at radius 3 is 2.94 bits per heavy atom. The third-order valence-electron chi connectivity index (χ3n) is 2.11. The molecule has 0 spiro atoms. The summed E-state index contributed by atoms with van der Waals surface area (Å²) in [5.74, 6) is -0.257. The summed E-state index contributed by atoms with van der Waals surface area (Å²) in [5.41, 5.74) is 0. The molecule has 1 rings (SSSR count). The van der Waals surface area contributed by atoms with Crippen molar-refractivity contribution in [2.24, 2.45) is 0 Å². The van der Waals surface area contributed by atoms with E-state index in [0.29, 0.717) is 16.8 Å². The monoisotopic (exact) mass is 303 g/mol. The van der Waals surface area contributed by atoms with E-state index in [9.17, 15) is 9.18 Å². The number of ether oxygens (including phenoxy) is 1. The number of halogens is 2. The lowest BCUT2D eigenvalue weighted by Crippen LogP contribution is -2.29. The van der Waals surface area contributed by atoms with Crippen LogP contribution in [-0.2, 0) is 4.79 Å². The van der Waals surface area contributed by atoms with Crippen molar-refractivity contribution in [2.75, 3.05) is 13.2 Å². The van der Waals surface area contributed by atoms with Crippen LogP contribution in [0.1, 0.15) is 19.8 Å². The molecule has 0 fully saturated rings. The minimum absolute atomic E-state index is 0.0925. The molecule has 0 aliphatic heterocycles. The first-order valence-electron chi connectivity index (χ1n) is 5.48. The largest absolute Gasteiger partial charge is 0.484 e. The number of carbonyl (C=O) groups is 1. The average molecular weight is 304 g/mol. The van der Waals surface area contributed by atoms with E-state index in [4.69, 9.17) is 4.74 Å². The molecule has 0 unspecified atom stereocenters. The van der Waals surface area contributed by atoms with Gasteiger partial charge in [0, 0.05) is 12.6 Å². The van der Waals surface area contributed by atoms with E-state index < -0.39 is 5.82 Å². The van der Waals surface area contributed by atoms with Crippen LogP contribution < -0.4 is 10.1 Å². The molecule has 0 aliphatic rings. The van der Waals surface area contributed by atoms with Gasteiger partial charge in [0.2, 0.25) is 0 Å². The molecule has 0 saturated heterocycles. The van der Waals surface area contributed by atoms with Gasteiger partial charge in [-0.1, -0.05) is 13.3 Å². The van der Waals surface area contributed by atoms with Crippen LogP contribution in [0.2, 0.25) is 0 Å². The molecule has 1 amide bonds. The summed E-state index contributed by atoms with van der Waals surface area (Å²) in [6.07, 6.45) is 1.97. The van der Waals surface area contributed by atoms with E-state index in [1.54, 1.807) is 12.1 Å². The number of nitrogens with one attached hydrogen (secondary N) is 1. The van der Waals surface area contributed by atoms with Gasteiger partial charge in [-0.15, -0.1) is 0 Å². The second-order valence-electron chi connectivity index (χ2n) is 3.57. The molecule has 0 aromatic heterocycles. The van der Waals surface area contributed by atoms with Crippen molar-refractivity contribution >= 4 is 21.8 Å². The molecule has 0 bridgehead atoms. The smallest absolute Gasteiger partial charge is 0.257 e. The number of unbranched alkanes of at least 4 members (excludes halogenated alkanes) is 1. The molecule has 1 N–H and O–H groups in total. The van der Waals surface area contributed by atoms with Gasteiger partial charge < -0.3 is 10.1 Å². The fourth-order valence-corrected chi connectivity index (χ4v) is 1.42. The van der Waals surface area contributed by atoms with Crippen LogP contribution in [0.4, 0.5) is 4.39 Å². The van der Waals surface area contributed by atoms with Gasteiger partial charge in [-0.05, 0) is 34.5 Å². The van der Waals surface area contributed by atoms with E-state index >= 15 is 0 Å². The Bertz CT molecular complexity index is 385. The SMILES string of the molecule is CCCCNC(=O)COc1ccc(Br)c(F)c1. The number of amides is 1. The molecule has 17 heavy (non-hydrogen) atoms. The number of rotatable bonds is 6. The summed E-state index contributed by atoms with van der Waals surface area (Å²) in [6, 6.07) is 4.38. The summed E-state index contributed by atoms with van der Waals surface area (Å²) in [5, 5.41) is 2.71. The highest BCUT2D eigenvalue weighted by atomic mass is 79.9. The van der Waals surface area contributed by atoms with Crippen molar-refractivity contribution in [3.05, 3.63) is 28.5 Å². The van der Waals surface area contributed by atoms with Crippen LogP contribution >= 0.6 is 15.9 Å². The van der Waals surface area contributed by atoms with Gasteiger partial charge in [-0.25, -0.2) is 4.39 Å². The minimum atomic E-state index is -0.408. The number of benzene rings is 1. The Morgan fingerprint density at radius 2 is 2.29 bits per heavy atom. The molecule has 5 heteroatoms. The van der Waals surface area contributed by atoms with Gasteiger partial charge in [0.25, 0.3) is 5.91 Å². The molecule has 94 valence electrons. The highest BCUT2D eigenvalue weighted by molar-refractivity contribution is 9.10. The molecule has 1 aromatic carbocycles. The summed E-state index contributed by atoms with van der Waals surface area (Å²) >= 11 is 3.04. The fraction of sp³-hybridized carbons (Fsp3) is 0.417. The van der Waals surface area contributed by atoms with Crippen molar-refractivity contribution in [2.45, 2.75) is 19.8 Å². The Balaban J connectivity index is 2.34. The quantitative estimate of drug-likeness (QED) is 0.821. The van der Waals surface area contributed by atoms with Crippen LogP contribution in [0.3, 0.4) is 0 Å². The molecule has 0 radical (unpaired) electrons. The van der Waals surface area contributed by atoms with Gasteiger partial charge in [-0.2, -0.15) is 0 Å². The maximum absolute atomic E-state index is 13.1. The van der Waals surface area contributed by atoms with Crippen LogP contribution in [0.15, 0.2) is 22.7 Å². The first-order valence-corrected chi connectivity index (χ1v) is 6.27. The first-order chi connectivity index (χ1) is 8.13. The van der Waals surface area contributed by atoms with E-state index in [1.165, 1.54) is 6.07 Å². The number of carbonyl (C=O) groups excluding carboxylic acids is 1. The van der Waals surface area contributed by atoms with Crippen LogP contribution in [0.5, 0.6) is 5.75 Å². The Labute approximate surface area is 108 Å². The molecular formula is C12H15BrFNO2. The van der Waals surface area contributed by atoms with Crippen molar-refractivity contribution in [1.29, 1.82) is 0 Å². The minimum Gasteiger partial charge on any atom is -0.484 e. The lowest BCUT2D eigenvalue weighted by molar-refractivity contribution is -0.123. The first kappa shape index (κ1) is 14.0. The summed E-state index contributed by atoms with van der Waals surface area (Å²) in [6.45, 7) is 2.60. The maximum atomic E-state index is 13.1. The van der Waals surface area contributed by atoms with Gasteiger partial charge >= 0.3 is 0 Å². The average Bonchev–Trinajstić information content (AvgIpc) is 2.31. The van der Waals surface area contributed by atoms with E-state index in [-0.39, 0.29) is 12.5 Å². The summed E-state index contributed by atoms with van der Waals surface area (Å²) < 4.78 is 18.7. The van der Waals surface area contributed by atoms with Gasteiger partial charge in [0.1, 0.15) is 11.6 Å². The van der Waals surface area contributed by atoms with E-state index in [2.05, 4.69) is 21.2 Å². The lowest BCUT2D eigenvalue weighted by atomic mass is 10.3. The van der Waals surface area contributed by atoms with Crippen LogP contribution in [-0.4, -0.2) is 19.1 Å². The maximum Gasteiger partial charge on any atom is 0.257 e. The van der Waals surface area contributed by atoms with E-state index in [1.807, 2.05) is 6.92 Å².